The maximum Gasteiger partial charge on any atom is 0.185 e. The van der Waals surface area contributed by atoms with E-state index in [0.717, 1.165) is 29.8 Å². The predicted molar refractivity (Wildman–Crippen MR) is 135 cm³/mol. The first kappa shape index (κ1) is 27.9. The van der Waals surface area contributed by atoms with Gasteiger partial charge in [-0.2, -0.15) is 0 Å². The van der Waals surface area contributed by atoms with Gasteiger partial charge in [-0.3, -0.25) is 9.78 Å². The van der Waals surface area contributed by atoms with E-state index in [0.29, 0.717) is 18.4 Å². The molecule has 0 bridgehead atoms. The van der Waals surface area contributed by atoms with Crippen LogP contribution >= 0.6 is 0 Å². The lowest BCUT2D eigenvalue weighted by molar-refractivity contribution is -0.123. The van der Waals surface area contributed by atoms with Crippen LogP contribution in [-0.2, 0) is 12.0 Å². The second-order valence-corrected chi connectivity index (χ2v) is 10.9. The van der Waals surface area contributed by atoms with E-state index in [1.165, 1.54) is 20.0 Å². The van der Waals surface area contributed by atoms with Crippen molar-refractivity contribution in [3.8, 4) is 11.3 Å². The highest BCUT2D eigenvalue weighted by Gasteiger charge is 2.43. The molecule has 6 nitrogen and oxygen atoms in total. The number of hydrogen-bond donors (Lipinski definition) is 3. The summed E-state index contributed by atoms with van der Waals surface area (Å²) in [6, 6.07) is 5.68. The number of Topliss-reactive ketones (excluding diaryl/α,β-unsaturated/α-hetero) is 1. The summed E-state index contributed by atoms with van der Waals surface area (Å²) in [5.41, 5.74) is -2.94. The number of rotatable bonds is 6. The number of carbonyl (C=O) groups excluding carboxylic acids is 1. The Morgan fingerprint density at radius 3 is 2.37 bits per heavy atom. The summed E-state index contributed by atoms with van der Waals surface area (Å²) in [4.78, 5) is 21.3. The van der Waals surface area contributed by atoms with Crippen LogP contribution in [-0.4, -0.2) is 42.8 Å². The lowest BCUT2D eigenvalue weighted by atomic mass is 9.68. The van der Waals surface area contributed by atoms with E-state index >= 15 is 0 Å². The van der Waals surface area contributed by atoms with Crippen molar-refractivity contribution >= 4 is 5.78 Å². The largest absolute Gasteiger partial charge is 0.390 e. The minimum Gasteiger partial charge on any atom is -0.390 e. The van der Waals surface area contributed by atoms with E-state index in [4.69, 9.17) is 0 Å². The first-order valence-electron chi connectivity index (χ1n) is 12.4. The molecule has 1 aromatic carbocycles. The van der Waals surface area contributed by atoms with Gasteiger partial charge in [0.25, 0.3) is 0 Å². The van der Waals surface area contributed by atoms with Crippen molar-refractivity contribution in [2.45, 2.75) is 70.2 Å². The molecule has 0 radical (unpaired) electrons. The average Bonchev–Trinajstić information content (AvgIpc) is 2.83. The minimum atomic E-state index is -1.52. The number of benzene rings is 1. The molecule has 202 valence electrons. The van der Waals surface area contributed by atoms with Crippen molar-refractivity contribution < 1.29 is 33.3 Å². The van der Waals surface area contributed by atoms with Gasteiger partial charge in [0.15, 0.2) is 5.78 Å². The smallest absolute Gasteiger partial charge is 0.185 e. The molecule has 0 unspecified atom stereocenters. The highest BCUT2D eigenvalue weighted by Crippen LogP contribution is 2.42. The molecule has 1 saturated carbocycles. The van der Waals surface area contributed by atoms with Crippen LogP contribution in [0, 0.1) is 23.4 Å². The second kappa shape index (κ2) is 10.2. The lowest BCUT2D eigenvalue weighted by Crippen LogP contribution is -2.49. The number of aliphatic hydroxyl groups is 3. The molecule has 2 aromatic heterocycles. The summed E-state index contributed by atoms with van der Waals surface area (Å²) in [6.45, 7) is 6.19. The third kappa shape index (κ3) is 5.36. The molecule has 0 saturated heterocycles. The number of nitrogens with zero attached hydrogens (tertiary/aromatic N) is 2. The normalized spacial score (nSPS) is 23.9. The fourth-order valence-electron chi connectivity index (χ4n) is 5.02. The maximum atomic E-state index is 14.9. The van der Waals surface area contributed by atoms with Gasteiger partial charge >= 0.3 is 0 Å². The van der Waals surface area contributed by atoms with Crippen LogP contribution in [0.5, 0.6) is 0 Å². The Balaban J connectivity index is 1.64. The summed E-state index contributed by atoms with van der Waals surface area (Å²) in [5, 5.41) is 31.1. The fraction of sp³-hybridized carbons (Fsp3) is 0.414. The van der Waals surface area contributed by atoms with Crippen molar-refractivity contribution in [2.75, 3.05) is 0 Å². The predicted octanol–water partition coefficient (Wildman–Crippen LogP) is 4.84. The van der Waals surface area contributed by atoms with E-state index in [-0.39, 0.29) is 29.5 Å². The highest BCUT2D eigenvalue weighted by atomic mass is 19.1. The lowest BCUT2D eigenvalue weighted by Gasteiger charge is -2.43. The Bertz CT molecular complexity index is 1330. The first-order valence-corrected chi connectivity index (χ1v) is 12.4. The standard InChI is InChI=1S/C29H31F3N2O4/c1-15-9-16(11-25(36)29(15,4)38)19-7-8-33-14-17(19)10-24(35)23-6-5-20(30)27(34-23)26-21(31)12-18(13-22(26)32)28(2,3)37/h5-8,12-16,25,36-38H,9-11H2,1-4H3/t15-,16+,25+,29+/m0/s1. The molecule has 1 aliphatic carbocycles. The van der Waals surface area contributed by atoms with Gasteiger partial charge in [0.1, 0.15) is 28.8 Å². The molecule has 38 heavy (non-hydrogen) atoms. The van der Waals surface area contributed by atoms with E-state index in [9.17, 15) is 33.3 Å². The molecule has 0 spiro atoms. The summed E-state index contributed by atoms with van der Waals surface area (Å²) < 4.78 is 44.4. The topological polar surface area (TPSA) is 104 Å². The van der Waals surface area contributed by atoms with Crippen LogP contribution in [0.4, 0.5) is 13.2 Å². The summed E-state index contributed by atoms with van der Waals surface area (Å²) >= 11 is 0. The van der Waals surface area contributed by atoms with Gasteiger partial charge in [0, 0.05) is 18.8 Å². The number of halogens is 3. The van der Waals surface area contributed by atoms with Crippen molar-refractivity contribution in [3.05, 3.63) is 82.6 Å². The molecule has 1 aliphatic rings. The maximum absolute atomic E-state index is 14.9. The molecule has 9 heteroatoms. The fourth-order valence-corrected chi connectivity index (χ4v) is 5.02. The molecule has 3 aromatic rings. The Labute approximate surface area is 219 Å². The number of aliphatic hydroxyl groups excluding tert-OH is 1. The van der Waals surface area contributed by atoms with Gasteiger partial charge in [-0.1, -0.05) is 6.92 Å². The van der Waals surface area contributed by atoms with Crippen LogP contribution in [0.25, 0.3) is 11.3 Å². The van der Waals surface area contributed by atoms with Gasteiger partial charge in [0.05, 0.1) is 22.9 Å². The number of carbonyl (C=O) groups is 1. The Morgan fingerprint density at radius 1 is 1.11 bits per heavy atom. The molecule has 1 fully saturated rings. The SMILES string of the molecule is C[C@H]1C[C@@H](c2ccncc2CC(=O)c2ccc(F)c(-c3c(F)cc(C(C)(C)O)cc3F)n2)C[C@@H](O)[C@]1(C)O. The van der Waals surface area contributed by atoms with Crippen molar-refractivity contribution in [3.63, 3.8) is 0 Å². The molecular formula is C29H31F3N2O4. The van der Waals surface area contributed by atoms with Crippen LogP contribution in [0.3, 0.4) is 0 Å². The van der Waals surface area contributed by atoms with Gasteiger partial charge in [-0.05, 0) is 92.5 Å². The third-order valence-electron chi connectivity index (χ3n) is 7.67. The van der Waals surface area contributed by atoms with Gasteiger partial charge in [-0.15, -0.1) is 0 Å². The molecule has 0 amide bonds. The third-order valence-corrected chi connectivity index (χ3v) is 7.67. The minimum absolute atomic E-state index is 0.0309. The second-order valence-electron chi connectivity index (χ2n) is 10.9. The number of ketones is 1. The van der Waals surface area contributed by atoms with Gasteiger partial charge in [-0.25, -0.2) is 18.2 Å². The van der Waals surface area contributed by atoms with Crippen LogP contribution in [0.1, 0.15) is 73.6 Å². The monoisotopic (exact) mass is 528 g/mol. The zero-order valence-corrected chi connectivity index (χ0v) is 21.7. The van der Waals surface area contributed by atoms with Crippen molar-refractivity contribution in [1.29, 1.82) is 0 Å². The first-order chi connectivity index (χ1) is 17.7. The number of pyridine rings is 2. The van der Waals surface area contributed by atoms with Gasteiger partial charge in [0.2, 0.25) is 0 Å². The zero-order valence-electron chi connectivity index (χ0n) is 21.7. The van der Waals surface area contributed by atoms with Crippen LogP contribution < -0.4 is 0 Å². The average molecular weight is 529 g/mol. The molecular weight excluding hydrogens is 497 g/mol. The Kier molecular flexibility index (Phi) is 7.49. The van der Waals surface area contributed by atoms with Crippen molar-refractivity contribution in [1.82, 2.24) is 9.97 Å². The summed E-state index contributed by atoms with van der Waals surface area (Å²) in [6.07, 6.45) is 2.93. The van der Waals surface area contributed by atoms with E-state index in [1.807, 2.05) is 6.92 Å². The highest BCUT2D eigenvalue weighted by molar-refractivity contribution is 5.96. The van der Waals surface area contributed by atoms with Gasteiger partial charge < -0.3 is 15.3 Å². The molecule has 4 atom stereocenters. The Hall–Kier alpha value is -3.14. The van der Waals surface area contributed by atoms with E-state index in [1.54, 1.807) is 19.2 Å². The van der Waals surface area contributed by atoms with Crippen LogP contribution in [0.2, 0.25) is 0 Å². The van der Waals surface area contributed by atoms with Crippen molar-refractivity contribution in [2.24, 2.45) is 5.92 Å². The summed E-state index contributed by atoms with van der Waals surface area (Å²) in [5.74, 6) is -4.07. The molecule has 4 rings (SSSR count). The number of aromatic nitrogens is 2. The molecule has 3 N–H and O–H groups in total. The van der Waals surface area contributed by atoms with E-state index < -0.39 is 51.8 Å². The quantitative estimate of drug-likeness (QED) is 0.396. The summed E-state index contributed by atoms with van der Waals surface area (Å²) in [7, 11) is 0. The Morgan fingerprint density at radius 2 is 1.76 bits per heavy atom. The number of hydrogen-bond acceptors (Lipinski definition) is 6. The van der Waals surface area contributed by atoms with Crippen LogP contribution in [0.15, 0.2) is 42.7 Å². The zero-order chi connectivity index (χ0) is 28.0. The molecule has 0 aliphatic heterocycles. The molecule has 2 heterocycles. The van der Waals surface area contributed by atoms with E-state index in [2.05, 4.69) is 9.97 Å².